The van der Waals surface area contributed by atoms with Gasteiger partial charge in [-0.05, 0) is 43.3 Å². The molecule has 0 aliphatic rings. The normalized spacial score (nSPS) is 11.5. The molecule has 2 aromatic carbocycles. The Balaban J connectivity index is 1.85. The van der Waals surface area contributed by atoms with Gasteiger partial charge in [0.25, 0.3) is 0 Å². The molecule has 0 amide bonds. The summed E-state index contributed by atoms with van der Waals surface area (Å²) < 4.78 is 5.23. The largest absolute Gasteiger partial charge is 0.422 e. The molecule has 3 aromatic rings. The molecule has 0 radical (unpaired) electrons. The first-order valence-corrected chi connectivity index (χ1v) is 7.47. The first-order chi connectivity index (χ1) is 11.5. The molecule has 0 spiro atoms. The molecule has 0 bridgehead atoms. The van der Waals surface area contributed by atoms with E-state index in [9.17, 15) is 9.59 Å². The number of fused-ring (bicyclic) bond motifs is 1. The smallest absolute Gasteiger partial charge is 0.365 e. The summed E-state index contributed by atoms with van der Waals surface area (Å²) >= 11 is 5.76. The molecule has 0 fully saturated rings. The van der Waals surface area contributed by atoms with E-state index >= 15 is 0 Å². The van der Waals surface area contributed by atoms with Crippen LogP contribution < -0.4 is 5.63 Å². The summed E-state index contributed by atoms with van der Waals surface area (Å²) in [5, 5.41) is 5.00. The molecule has 6 heteroatoms. The van der Waals surface area contributed by atoms with Gasteiger partial charge >= 0.3 is 11.6 Å². The minimum Gasteiger partial charge on any atom is -0.422 e. The number of nitrogens with zero attached hydrogens (tertiary/aromatic N) is 1. The van der Waals surface area contributed by atoms with Crippen LogP contribution in [-0.2, 0) is 4.84 Å². The fourth-order valence-corrected chi connectivity index (χ4v) is 2.24. The van der Waals surface area contributed by atoms with Crippen molar-refractivity contribution in [3.63, 3.8) is 0 Å². The number of hydrogen-bond acceptors (Lipinski definition) is 5. The van der Waals surface area contributed by atoms with Crippen LogP contribution in [0.2, 0.25) is 5.02 Å². The molecule has 0 saturated heterocycles. The summed E-state index contributed by atoms with van der Waals surface area (Å²) in [6.45, 7) is 1.57. The highest BCUT2D eigenvalue weighted by molar-refractivity contribution is 6.30. The first kappa shape index (κ1) is 16.0. The van der Waals surface area contributed by atoms with Gasteiger partial charge in [0.05, 0.1) is 16.8 Å². The minimum absolute atomic E-state index is 0.234. The molecule has 3 rings (SSSR count). The second-order valence-corrected chi connectivity index (χ2v) is 5.48. The second-order valence-electron chi connectivity index (χ2n) is 5.05. The van der Waals surface area contributed by atoms with Crippen LogP contribution in [0.5, 0.6) is 0 Å². The molecule has 24 heavy (non-hydrogen) atoms. The third kappa shape index (κ3) is 3.36. The van der Waals surface area contributed by atoms with Crippen molar-refractivity contribution in [2.45, 2.75) is 6.92 Å². The maximum absolute atomic E-state index is 12.0. The maximum Gasteiger partial charge on any atom is 0.365 e. The van der Waals surface area contributed by atoms with Crippen LogP contribution in [0.4, 0.5) is 0 Å². The lowest BCUT2D eigenvalue weighted by Gasteiger charge is -2.02. The predicted octanol–water partition coefficient (Wildman–Crippen LogP) is 4.03. The maximum atomic E-state index is 12.0. The third-order valence-corrected chi connectivity index (χ3v) is 3.63. The van der Waals surface area contributed by atoms with E-state index in [-0.39, 0.29) is 11.3 Å². The van der Waals surface area contributed by atoms with Gasteiger partial charge < -0.3 is 9.25 Å². The Morgan fingerprint density at radius 2 is 1.83 bits per heavy atom. The number of oxime groups is 1. The molecule has 1 aromatic heterocycles. The van der Waals surface area contributed by atoms with Crippen molar-refractivity contribution in [3.05, 3.63) is 81.2 Å². The summed E-state index contributed by atoms with van der Waals surface area (Å²) in [5.41, 5.74) is 0.727. The molecular weight excluding hydrogens is 330 g/mol. The quantitative estimate of drug-likeness (QED) is 0.312. The highest BCUT2D eigenvalue weighted by Crippen LogP contribution is 2.14. The number of benzene rings is 2. The molecule has 120 valence electrons. The van der Waals surface area contributed by atoms with Gasteiger partial charge in [0.1, 0.15) is 5.58 Å². The first-order valence-electron chi connectivity index (χ1n) is 7.09. The van der Waals surface area contributed by atoms with Crippen molar-refractivity contribution >= 4 is 34.3 Å². The summed E-state index contributed by atoms with van der Waals surface area (Å²) in [5.74, 6) is -0.642. The lowest BCUT2D eigenvalue weighted by Crippen LogP contribution is -2.13. The highest BCUT2D eigenvalue weighted by Gasteiger charge is 2.11. The summed E-state index contributed by atoms with van der Waals surface area (Å²) in [7, 11) is 0. The Morgan fingerprint density at radius 3 is 2.58 bits per heavy atom. The molecule has 0 saturated carbocycles. The van der Waals surface area contributed by atoms with Crippen molar-refractivity contribution < 1.29 is 14.0 Å². The Bertz CT molecular complexity index is 990. The van der Waals surface area contributed by atoms with Crippen molar-refractivity contribution in [2.75, 3.05) is 0 Å². The molecule has 5 nitrogen and oxygen atoms in total. The minimum atomic E-state index is -0.642. The van der Waals surface area contributed by atoms with E-state index < -0.39 is 11.6 Å². The van der Waals surface area contributed by atoms with Gasteiger partial charge in [0.2, 0.25) is 0 Å². The van der Waals surface area contributed by atoms with Crippen LogP contribution in [0.25, 0.3) is 11.0 Å². The zero-order chi connectivity index (χ0) is 17.1. The zero-order valence-electron chi connectivity index (χ0n) is 12.7. The van der Waals surface area contributed by atoms with Crippen molar-refractivity contribution in [2.24, 2.45) is 5.16 Å². The lowest BCUT2D eigenvalue weighted by atomic mass is 10.1. The molecule has 1 heterocycles. The average molecular weight is 342 g/mol. The number of para-hydroxylation sites is 1. The van der Waals surface area contributed by atoms with Crippen LogP contribution >= 0.6 is 11.6 Å². The van der Waals surface area contributed by atoms with Gasteiger partial charge in [-0.3, -0.25) is 0 Å². The summed E-state index contributed by atoms with van der Waals surface area (Å²) in [6, 6.07) is 15.0. The Hall–Kier alpha value is -2.92. The van der Waals surface area contributed by atoms with E-state index in [0.29, 0.717) is 16.2 Å². The van der Waals surface area contributed by atoms with Gasteiger partial charge in [0.15, 0.2) is 0 Å². The highest BCUT2D eigenvalue weighted by atomic mass is 35.5. The standard InChI is InChI=1S/C18H12ClNO4/c1-11(20-24-17(21)12-6-8-14(19)9-7-12)15-10-13-4-2-3-5-16(13)23-18(15)22/h2-10H,1H3/b20-11-. The van der Waals surface area contributed by atoms with E-state index in [0.717, 1.165) is 5.39 Å². The predicted molar refractivity (Wildman–Crippen MR) is 91.6 cm³/mol. The SMILES string of the molecule is C/C(=N/OC(=O)c1ccc(Cl)cc1)c1cc2ccccc2oc1=O. The van der Waals surface area contributed by atoms with E-state index in [1.807, 2.05) is 12.1 Å². The Morgan fingerprint density at radius 1 is 1.12 bits per heavy atom. The molecule has 0 atom stereocenters. The topological polar surface area (TPSA) is 68.9 Å². The fourth-order valence-electron chi connectivity index (χ4n) is 2.11. The number of carbonyl (C=O) groups excluding carboxylic acids is 1. The molecule has 0 aliphatic carbocycles. The molecular formula is C18H12ClNO4. The van der Waals surface area contributed by atoms with Crippen LogP contribution in [0.3, 0.4) is 0 Å². The van der Waals surface area contributed by atoms with Crippen molar-refractivity contribution in [3.8, 4) is 0 Å². The van der Waals surface area contributed by atoms with Gasteiger partial charge in [-0.25, -0.2) is 9.59 Å². The molecule has 0 aliphatic heterocycles. The zero-order valence-corrected chi connectivity index (χ0v) is 13.4. The van der Waals surface area contributed by atoms with E-state index in [2.05, 4.69) is 5.16 Å². The number of rotatable bonds is 3. The van der Waals surface area contributed by atoms with Crippen molar-refractivity contribution in [1.29, 1.82) is 0 Å². The lowest BCUT2D eigenvalue weighted by molar-refractivity contribution is 0.0516. The monoisotopic (exact) mass is 341 g/mol. The van der Waals surface area contributed by atoms with E-state index in [1.165, 1.54) is 12.1 Å². The number of carbonyl (C=O) groups is 1. The third-order valence-electron chi connectivity index (χ3n) is 3.38. The van der Waals surface area contributed by atoms with Gasteiger partial charge in [-0.1, -0.05) is 35.0 Å². The van der Waals surface area contributed by atoms with E-state index in [1.54, 1.807) is 37.3 Å². The van der Waals surface area contributed by atoms with Gasteiger partial charge in [-0.2, -0.15) is 0 Å². The van der Waals surface area contributed by atoms with Crippen LogP contribution in [-0.4, -0.2) is 11.7 Å². The Kier molecular flexibility index (Phi) is 4.44. The van der Waals surface area contributed by atoms with Gasteiger partial charge in [-0.15, -0.1) is 0 Å². The summed E-state index contributed by atoms with van der Waals surface area (Å²) in [6.07, 6.45) is 0. The van der Waals surface area contributed by atoms with Crippen LogP contribution in [0.15, 0.2) is 69.0 Å². The summed E-state index contributed by atoms with van der Waals surface area (Å²) in [4.78, 5) is 28.8. The molecule has 0 unspecified atom stereocenters. The fraction of sp³-hybridized carbons (Fsp3) is 0.0556. The average Bonchev–Trinajstić information content (AvgIpc) is 2.59. The number of halogens is 1. The molecule has 0 N–H and O–H groups in total. The Labute approximate surface area is 142 Å². The number of hydrogen-bond donors (Lipinski definition) is 0. The second kappa shape index (κ2) is 6.68. The van der Waals surface area contributed by atoms with Crippen LogP contribution in [0, 0.1) is 0 Å². The van der Waals surface area contributed by atoms with Crippen molar-refractivity contribution in [1.82, 2.24) is 0 Å². The van der Waals surface area contributed by atoms with E-state index in [4.69, 9.17) is 20.9 Å². The van der Waals surface area contributed by atoms with Crippen LogP contribution in [0.1, 0.15) is 22.8 Å². The van der Waals surface area contributed by atoms with Gasteiger partial charge in [0, 0.05) is 10.4 Å².